The molecule has 0 amide bonds. The Morgan fingerprint density at radius 3 is 2.47 bits per heavy atom. The third-order valence-electron chi connectivity index (χ3n) is 4.08. The summed E-state index contributed by atoms with van der Waals surface area (Å²) in [4.78, 5) is 11.5. The van der Waals surface area contributed by atoms with Crippen LogP contribution in [0.4, 0.5) is 0 Å². The van der Waals surface area contributed by atoms with E-state index in [2.05, 4.69) is 12.1 Å². The molecule has 1 aromatic carbocycles. The Morgan fingerprint density at radius 2 is 1.84 bits per heavy atom. The van der Waals surface area contributed by atoms with Crippen LogP contribution in [0.3, 0.4) is 0 Å². The Hall–Kier alpha value is -1.51. The number of carbonyl (C=O) groups excluding carboxylic acids is 1. The number of benzene rings is 1. The lowest BCUT2D eigenvalue weighted by molar-refractivity contribution is -0.146. The van der Waals surface area contributed by atoms with Crippen molar-refractivity contribution in [3.05, 3.63) is 29.8 Å². The second kappa shape index (κ2) is 6.60. The lowest BCUT2D eigenvalue weighted by Crippen LogP contribution is -2.23. The molecule has 19 heavy (non-hydrogen) atoms. The van der Waals surface area contributed by atoms with Crippen molar-refractivity contribution in [2.24, 2.45) is 11.8 Å². The Balaban J connectivity index is 1.90. The molecular formula is C16H22O3. The molecule has 1 fully saturated rings. The molecule has 104 valence electrons. The molecular weight excluding hydrogens is 240 g/mol. The lowest BCUT2D eigenvalue weighted by Gasteiger charge is -2.27. The Labute approximate surface area is 114 Å². The molecule has 3 nitrogen and oxygen atoms in total. The van der Waals surface area contributed by atoms with Crippen LogP contribution < -0.4 is 4.74 Å². The molecule has 2 rings (SSSR count). The van der Waals surface area contributed by atoms with Gasteiger partial charge in [0.2, 0.25) is 0 Å². The van der Waals surface area contributed by atoms with Crippen LogP contribution in [0.25, 0.3) is 0 Å². The number of methoxy groups -OCH3 is 2. The molecule has 0 unspecified atom stereocenters. The maximum Gasteiger partial charge on any atom is 0.308 e. The maximum absolute atomic E-state index is 11.5. The lowest BCUT2D eigenvalue weighted by atomic mass is 9.79. The predicted octanol–water partition coefficient (Wildman–Crippen LogP) is 3.22. The number of ether oxygens (including phenoxy) is 2. The van der Waals surface area contributed by atoms with Gasteiger partial charge in [-0.2, -0.15) is 0 Å². The van der Waals surface area contributed by atoms with E-state index in [1.807, 2.05) is 12.1 Å². The molecule has 1 saturated carbocycles. The highest BCUT2D eigenvalue weighted by Gasteiger charge is 2.27. The normalized spacial score (nSPS) is 22.8. The van der Waals surface area contributed by atoms with Gasteiger partial charge in [-0.15, -0.1) is 0 Å². The Kier molecular flexibility index (Phi) is 4.83. The number of hydrogen-bond donors (Lipinski definition) is 0. The summed E-state index contributed by atoms with van der Waals surface area (Å²) in [7, 11) is 3.19. The summed E-state index contributed by atoms with van der Waals surface area (Å²) in [5, 5.41) is 0. The summed E-state index contributed by atoms with van der Waals surface area (Å²) in [6, 6.07) is 8.19. The smallest absolute Gasteiger partial charge is 0.308 e. The van der Waals surface area contributed by atoms with Crippen LogP contribution in [-0.2, 0) is 16.0 Å². The predicted molar refractivity (Wildman–Crippen MR) is 74.2 cm³/mol. The molecule has 1 aliphatic rings. The fourth-order valence-electron chi connectivity index (χ4n) is 2.95. The summed E-state index contributed by atoms with van der Waals surface area (Å²) in [5.41, 5.74) is 1.27. The second-order valence-corrected chi connectivity index (χ2v) is 5.26. The fraction of sp³-hybridized carbons (Fsp3) is 0.562. The van der Waals surface area contributed by atoms with Crippen LogP contribution in [0.15, 0.2) is 24.3 Å². The zero-order valence-corrected chi connectivity index (χ0v) is 11.7. The van der Waals surface area contributed by atoms with Gasteiger partial charge in [-0.1, -0.05) is 18.2 Å². The molecule has 0 N–H and O–H groups in total. The van der Waals surface area contributed by atoms with Crippen molar-refractivity contribution in [1.82, 2.24) is 0 Å². The molecule has 0 saturated heterocycles. The first-order valence-electron chi connectivity index (χ1n) is 6.94. The molecule has 1 aliphatic carbocycles. The second-order valence-electron chi connectivity index (χ2n) is 5.26. The van der Waals surface area contributed by atoms with E-state index in [4.69, 9.17) is 9.47 Å². The van der Waals surface area contributed by atoms with E-state index in [0.29, 0.717) is 5.92 Å². The van der Waals surface area contributed by atoms with Crippen LogP contribution in [-0.4, -0.2) is 20.2 Å². The van der Waals surface area contributed by atoms with Gasteiger partial charge >= 0.3 is 5.97 Å². The molecule has 0 spiro atoms. The third kappa shape index (κ3) is 3.49. The minimum atomic E-state index is -0.0456. The summed E-state index contributed by atoms with van der Waals surface area (Å²) in [5.74, 6) is 1.68. The molecule has 3 heteroatoms. The number of carbonyl (C=O) groups is 1. The van der Waals surface area contributed by atoms with Crippen molar-refractivity contribution in [1.29, 1.82) is 0 Å². The van der Waals surface area contributed by atoms with Gasteiger partial charge < -0.3 is 9.47 Å². The van der Waals surface area contributed by atoms with Crippen molar-refractivity contribution >= 4 is 5.97 Å². The van der Waals surface area contributed by atoms with Gasteiger partial charge in [-0.25, -0.2) is 0 Å². The first kappa shape index (κ1) is 13.9. The van der Waals surface area contributed by atoms with Gasteiger partial charge in [0, 0.05) is 0 Å². The monoisotopic (exact) mass is 262 g/mol. The van der Waals surface area contributed by atoms with Crippen LogP contribution >= 0.6 is 0 Å². The Morgan fingerprint density at radius 1 is 1.16 bits per heavy atom. The summed E-state index contributed by atoms with van der Waals surface area (Å²) in [6.45, 7) is 0. The summed E-state index contributed by atoms with van der Waals surface area (Å²) >= 11 is 0. The van der Waals surface area contributed by atoms with Gasteiger partial charge in [-0.3, -0.25) is 4.79 Å². The van der Waals surface area contributed by atoms with Crippen molar-refractivity contribution in [3.8, 4) is 5.75 Å². The summed E-state index contributed by atoms with van der Waals surface area (Å²) < 4.78 is 10.2. The zero-order valence-electron chi connectivity index (χ0n) is 11.7. The standard InChI is InChI=1S/C16H22O3/c1-18-15-6-4-3-5-14(15)11-12-7-9-13(10-8-12)16(17)19-2/h3-6,12-13H,7-11H2,1-2H3. The average Bonchev–Trinajstić information content (AvgIpc) is 2.48. The number of rotatable bonds is 4. The average molecular weight is 262 g/mol. The SMILES string of the molecule is COC(=O)C1CCC(Cc2ccccc2OC)CC1. The number of hydrogen-bond acceptors (Lipinski definition) is 3. The highest BCUT2D eigenvalue weighted by Crippen LogP contribution is 2.33. The van der Waals surface area contributed by atoms with Crippen molar-refractivity contribution < 1.29 is 14.3 Å². The largest absolute Gasteiger partial charge is 0.496 e. The van der Waals surface area contributed by atoms with E-state index < -0.39 is 0 Å². The number of para-hydroxylation sites is 1. The molecule has 0 bridgehead atoms. The van der Waals surface area contributed by atoms with Gasteiger partial charge in [0.25, 0.3) is 0 Å². The van der Waals surface area contributed by atoms with E-state index in [9.17, 15) is 4.79 Å². The van der Waals surface area contributed by atoms with Crippen molar-refractivity contribution in [2.75, 3.05) is 14.2 Å². The van der Waals surface area contributed by atoms with Gasteiger partial charge in [-0.05, 0) is 49.7 Å². The molecule has 0 heterocycles. The van der Waals surface area contributed by atoms with Crippen LogP contribution in [0.5, 0.6) is 5.75 Å². The zero-order chi connectivity index (χ0) is 13.7. The van der Waals surface area contributed by atoms with Gasteiger partial charge in [0.15, 0.2) is 0 Å². The minimum absolute atomic E-state index is 0.0456. The molecule has 0 atom stereocenters. The highest BCUT2D eigenvalue weighted by molar-refractivity contribution is 5.72. The molecule has 1 aromatic rings. The van der Waals surface area contributed by atoms with E-state index in [1.54, 1.807) is 7.11 Å². The van der Waals surface area contributed by atoms with E-state index in [-0.39, 0.29) is 11.9 Å². The van der Waals surface area contributed by atoms with Crippen molar-refractivity contribution in [3.63, 3.8) is 0 Å². The first-order valence-corrected chi connectivity index (χ1v) is 6.94. The van der Waals surface area contributed by atoms with E-state index in [0.717, 1.165) is 37.9 Å². The molecule has 0 aromatic heterocycles. The van der Waals surface area contributed by atoms with Crippen molar-refractivity contribution in [2.45, 2.75) is 32.1 Å². The van der Waals surface area contributed by atoms with E-state index >= 15 is 0 Å². The topological polar surface area (TPSA) is 35.5 Å². The number of esters is 1. The van der Waals surface area contributed by atoms with Gasteiger partial charge in [0.05, 0.1) is 20.1 Å². The minimum Gasteiger partial charge on any atom is -0.496 e. The van der Waals surface area contributed by atoms with Crippen LogP contribution in [0.2, 0.25) is 0 Å². The highest BCUT2D eigenvalue weighted by atomic mass is 16.5. The summed E-state index contributed by atoms with van der Waals surface area (Å²) in [6.07, 6.45) is 5.13. The molecule has 0 radical (unpaired) electrons. The quantitative estimate of drug-likeness (QED) is 0.782. The van der Waals surface area contributed by atoms with Gasteiger partial charge in [0.1, 0.15) is 5.75 Å². The molecule has 0 aliphatic heterocycles. The fourth-order valence-corrected chi connectivity index (χ4v) is 2.95. The first-order chi connectivity index (χ1) is 9.24. The van der Waals surface area contributed by atoms with E-state index in [1.165, 1.54) is 12.7 Å². The maximum atomic E-state index is 11.5. The third-order valence-corrected chi connectivity index (χ3v) is 4.08. The van der Waals surface area contributed by atoms with Crippen LogP contribution in [0, 0.1) is 11.8 Å². The van der Waals surface area contributed by atoms with Crippen LogP contribution in [0.1, 0.15) is 31.2 Å². The Bertz CT molecular complexity index is 420.